The highest BCUT2D eigenvalue weighted by Gasteiger charge is 2.11. The van der Waals surface area contributed by atoms with Gasteiger partial charge < -0.3 is 9.47 Å². The highest BCUT2D eigenvalue weighted by atomic mass is 32.2. The first-order valence-electron chi connectivity index (χ1n) is 7.72. The van der Waals surface area contributed by atoms with E-state index in [4.69, 9.17) is 9.47 Å². The number of methoxy groups -OCH3 is 2. The molecule has 1 aromatic heterocycles. The van der Waals surface area contributed by atoms with Crippen LogP contribution in [0.25, 0.3) is 0 Å². The van der Waals surface area contributed by atoms with Crippen LogP contribution in [0.5, 0.6) is 11.5 Å². The van der Waals surface area contributed by atoms with Gasteiger partial charge in [0.1, 0.15) is 11.5 Å². The van der Waals surface area contributed by atoms with Crippen molar-refractivity contribution in [2.45, 2.75) is 10.1 Å². The first kappa shape index (κ1) is 18.2. The lowest BCUT2D eigenvalue weighted by molar-refractivity contribution is 0.102. The lowest BCUT2D eigenvalue weighted by atomic mass is 10.2. The molecular formula is C18H17N3O3S2. The van der Waals surface area contributed by atoms with E-state index in [0.29, 0.717) is 16.4 Å². The Morgan fingerprint density at radius 2 is 1.85 bits per heavy atom. The Kier molecular flexibility index (Phi) is 6.08. The SMILES string of the molecule is COc1ccc(CSc2nnc(NC(=O)c3cccc(OC)c3)s2)cc1. The number of nitrogens with zero attached hydrogens (tertiary/aromatic N) is 2. The van der Waals surface area contributed by atoms with Crippen LogP contribution in [0.15, 0.2) is 52.9 Å². The van der Waals surface area contributed by atoms with Crippen LogP contribution in [0.4, 0.5) is 5.13 Å². The van der Waals surface area contributed by atoms with Crippen LogP contribution in [-0.2, 0) is 5.75 Å². The van der Waals surface area contributed by atoms with E-state index >= 15 is 0 Å². The Hall–Kier alpha value is -2.58. The smallest absolute Gasteiger partial charge is 0.257 e. The maximum Gasteiger partial charge on any atom is 0.257 e. The van der Waals surface area contributed by atoms with Crippen molar-refractivity contribution in [3.8, 4) is 11.5 Å². The van der Waals surface area contributed by atoms with Gasteiger partial charge in [-0.15, -0.1) is 10.2 Å². The van der Waals surface area contributed by atoms with Gasteiger partial charge in [0.25, 0.3) is 5.91 Å². The number of carbonyl (C=O) groups is 1. The first-order valence-corrected chi connectivity index (χ1v) is 9.53. The van der Waals surface area contributed by atoms with E-state index in [0.717, 1.165) is 21.4 Å². The molecule has 0 bridgehead atoms. The molecule has 26 heavy (non-hydrogen) atoms. The van der Waals surface area contributed by atoms with Crippen LogP contribution in [0.3, 0.4) is 0 Å². The number of carbonyl (C=O) groups excluding carboxylic acids is 1. The molecule has 2 aromatic carbocycles. The molecule has 3 rings (SSSR count). The topological polar surface area (TPSA) is 73.3 Å². The van der Waals surface area contributed by atoms with Gasteiger partial charge in [-0.05, 0) is 35.9 Å². The van der Waals surface area contributed by atoms with Gasteiger partial charge in [-0.25, -0.2) is 0 Å². The summed E-state index contributed by atoms with van der Waals surface area (Å²) in [5.41, 5.74) is 1.67. The molecule has 0 aliphatic carbocycles. The summed E-state index contributed by atoms with van der Waals surface area (Å²) < 4.78 is 11.1. The minimum Gasteiger partial charge on any atom is -0.497 e. The lowest BCUT2D eigenvalue weighted by Gasteiger charge is -2.03. The summed E-state index contributed by atoms with van der Waals surface area (Å²) in [6.45, 7) is 0. The molecule has 0 aliphatic heterocycles. The molecule has 134 valence electrons. The molecule has 6 nitrogen and oxygen atoms in total. The Labute approximate surface area is 159 Å². The van der Waals surface area contributed by atoms with Crippen molar-refractivity contribution in [1.29, 1.82) is 0 Å². The summed E-state index contributed by atoms with van der Waals surface area (Å²) in [6, 6.07) is 14.8. The van der Waals surface area contributed by atoms with E-state index in [1.807, 2.05) is 24.3 Å². The predicted molar refractivity (Wildman–Crippen MR) is 103 cm³/mol. The summed E-state index contributed by atoms with van der Waals surface area (Å²) in [4.78, 5) is 12.3. The van der Waals surface area contributed by atoms with Crippen LogP contribution >= 0.6 is 23.1 Å². The average molecular weight is 387 g/mol. The van der Waals surface area contributed by atoms with Gasteiger partial charge in [-0.1, -0.05) is 41.3 Å². The third-order valence-corrected chi connectivity index (χ3v) is 5.52. The number of hydrogen-bond donors (Lipinski definition) is 1. The monoisotopic (exact) mass is 387 g/mol. The molecule has 1 amide bonds. The molecule has 0 spiro atoms. The molecule has 0 radical (unpaired) electrons. The molecular weight excluding hydrogens is 370 g/mol. The molecule has 3 aromatic rings. The first-order chi connectivity index (χ1) is 12.7. The number of anilines is 1. The predicted octanol–water partition coefficient (Wildman–Crippen LogP) is 4.10. The molecule has 0 unspecified atom stereocenters. The number of amides is 1. The Balaban J connectivity index is 1.57. The van der Waals surface area contributed by atoms with E-state index in [1.165, 1.54) is 11.3 Å². The summed E-state index contributed by atoms with van der Waals surface area (Å²) in [5, 5.41) is 11.4. The van der Waals surface area contributed by atoms with E-state index in [9.17, 15) is 4.79 Å². The van der Waals surface area contributed by atoms with Crippen LogP contribution in [0.1, 0.15) is 15.9 Å². The van der Waals surface area contributed by atoms with Gasteiger partial charge >= 0.3 is 0 Å². The fourth-order valence-electron chi connectivity index (χ4n) is 2.12. The molecule has 0 saturated heterocycles. The minimum absolute atomic E-state index is 0.244. The summed E-state index contributed by atoms with van der Waals surface area (Å²) >= 11 is 2.92. The second-order valence-electron chi connectivity index (χ2n) is 5.20. The highest BCUT2D eigenvalue weighted by molar-refractivity contribution is 8.00. The van der Waals surface area contributed by atoms with Crippen molar-refractivity contribution in [1.82, 2.24) is 10.2 Å². The van der Waals surface area contributed by atoms with Crippen molar-refractivity contribution >= 4 is 34.1 Å². The Morgan fingerprint density at radius 3 is 2.58 bits per heavy atom. The summed E-state index contributed by atoms with van der Waals surface area (Å²) in [6.07, 6.45) is 0. The molecule has 0 fully saturated rings. The van der Waals surface area contributed by atoms with E-state index in [-0.39, 0.29) is 5.91 Å². The van der Waals surface area contributed by atoms with E-state index < -0.39 is 0 Å². The number of ether oxygens (including phenoxy) is 2. The maximum absolute atomic E-state index is 12.3. The zero-order valence-corrected chi connectivity index (χ0v) is 15.9. The molecule has 1 N–H and O–H groups in total. The second kappa shape index (κ2) is 8.68. The van der Waals surface area contributed by atoms with E-state index in [2.05, 4.69) is 15.5 Å². The van der Waals surface area contributed by atoms with Gasteiger partial charge in [-0.3, -0.25) is 10.1 Å². The minimum atomic E-state index is -0.244. The van der Waals surface area contributed by atoms with Gasteiger partial charge in [0.15, 0.2) is 4.34 Å². The molecule has 1 heterocycles. The van der Waals surface area contributed by atoms with Gasteiger partial charge in [0, 0.05) is 11.3 Å². The highest BCUT2D eigenvalue weighted by Crippen LogP contribution is 2.29. The number of benzene rings is 2. The number of rotatable bonds is 7. The van der Waals surface area contributed by atoms with Crippen molar-refractivity contribution in [3.63, 3.8) is 0 Å². The van der Waals surface area contributed by atoms with Crippen molar-refractivity contribution in [2.24, 2.45) is 0 Å². The van der Waals surface area contributed by atoms with E-state index in [1.54, 1.807) is 50.2 Å². The molecule has 0 aliphatic rings. The summed E-state index contributed by atoms with van der Waals surface area (Å²) in [7, 11) is 3.21. The van der Waals surface area contributed by atoms with Crippen molar-refractivity contribution in [2.75, 3.05) is 19.5 Å². The van der Waals surface area contributed by atoms with Gasteiger partial charge in [0.2, 0.25) is 5.13 Å². The number of hydrogen-bond acceptors (Lipinski definition) is 7. The second-order valence-corrected chi connectivity index (χ2v) is 7.40. The van der Waals surface area contributed by atoms with Crippen LogP contribution in [0.2, 0.25) is 0 Å². The van der Waals surface area contributed by atoms with Crippen LogP contribution in [-0.4, -0.2) is 30.3 Å². The number of aromatic nitrogens is 2. The molecule has 0 atom stereocenters. The van der Waals surface area contributed by atoms with Crippen molar-refractivity contribution < 1.29 is 14.3 Å². The maximum atomic E-state index is 12.3. The average Bonchev–Trinajstić information content (AvgIpc) is 3.14. The zero-order chi connectivity index (χ0) is 18.4. The largest absolute Gasteiger partial charge is 0.497 e. The quantitative estimate of drug-likeness (QED) is 0.486. The molecule has 0 saturated carbocycles. The van der Waals surface area contributed by atoms with Gasteiger partial charge in [0.05, 0.1) is 14.2 Å². The van der Waals surface area contributed by atoms with Gasteiger partial charge in [-0.2, -0.15) is 0 Å². The Bertz CT molecular complexity index is 881. The zero-order valence-electron chi connectivity index (χ0n) is 14.3. The number of nitrogens with one attached hydrogen (secondary N) is 1. The summed E-state index contributed by atoms with van der Waals surface area (Å²) in [5.74, 6) is 1.98. The third-order valence-electron chi connectivity index (χ3n) is 3.48. The standard InChI is InChI=1S/C18H17N3O3S2/c1-23-14-8-6-12(7-9-14)11-25-18-21-20-17(26-18)19-16(22)13-4-3-5-15(10-13)24-2/h3-10H,11H2,1-2H3,(H,19,20,22). The fourth-order valence-corrected chi connectivity index (χ4v) is 3.82. The van der Waals surface area contributed by atoms with Crippen LogP contribution < -0.4 is 14.8 Å². The third kappa shape index (κ3) is 4.74. The number of thioether (sulfide) groups is 1. The lowest BCUT2D eigenvalue weighted by Crippen LogP contribution is -2.11. The van der Waals surface area contributed by atoms with Crippen molar-refractivity contribution in [3.05, 3.63) is 59.7 Å². The van der Waals surface area contributed by atoms with Crippen LogP contribution in [0, 0.1) is 0 Å². The Morgan fingerprint density at radius 1 is 1.08 bits per heavy atom. The molecule has 8 heteroatoms. The normalized spacial score (nSPS) is 10.4. The fraction of sp³-hybridized carbons (Fsp3) is 0.167.